The Labute approximate surface area is 168 Å². The molecule has 0 aliphatic carbocycles. The zero-order valence-corrected chi connectivity index (χ0v) is 17.6. The Morgan fingerprint density at radius 2 is 1.75 bits per heavy atom. The van der Waals surface area contributed by atoms with E-state index in [1.165, 1.54) is 11.3 Å². The summed E-state index contributed by atoms with van der Waals surface area (Å²) < 4.78 is 35.0. The molecule has 0 saturated carbocycles. The van der Waals surface area contributed by atoms with E-state index in [1.807, 2.05) is 32.0 Å². The van der Waals surface area contributed by atoms with Gasteiger partial charge in [-0.2, -0.15) is 0 Å². The second kappa shape index (κ2) is 9.81. The largest absolute Gasteiger partial charge is 0.481 e. The van der Waals surface area contributed by atoms with Crippen LogP contribution >= 0.6 is 11.3 Å². The van der Waals surface area contributed by atoms with Crippen molar-refractivity contribution >= 4 is 33.1 Å². The average Bonchev–Trinajstić information content (AvgIpc) is 3.07. The Hall–Kier alpha value is -2.23. The lowest BCUT2D eigenvalue weighted by Gasteiger charge is -2.11. The van der Waals surface area contributed by atoms with Crippen molar-refractivity contribution < 1.29 is 27.5 Å². The van der Waals surface area contributed by atoms with Gasteiger partial charge in [-0.25, -0.2) is 17.9 Å². The number of benzene rings is 1. The molecule has 0 spiro atoms. The number of rotatable bonds is 10. The molecule has 0 aliphatic heterocycles. The summed E-state index contributed by atoms with van der Waals surface area (Å²) in [6.07, 6.45) is 1.57. The number of hydrogen-bond acceptors (Lipinski definition) is 7. The van der Waals surface area contributed by atoms with Gasteiger partial charge in [0, 0.05) is 11.4 Å². The van der Waals surface area contributed by atoms with Crippen LogP contribution in [-0.4, -0.2) is 46.2 Å². The molecule has 0 radical (unpaired) electrons. The summed E-state index contributed by atoms with van der Waals surface area (Å²) in [7, 11) is -3.23. The van der Waals surface area contributed by atoms with Gasteiger partial charge >= 0.3 is 5.97 Å². The standard InChI is InChI=1S/C19H23NO6S2/c1-13-5-4-6-14(2)19(13)26-12-18(22)25-11-16(21)17-8-7-15(27-17)9-10-20-28(3,23)24/h4-8,20H,9-12H2,1-3H3. The molecule has 0 saturated heterocycles. The summed E-state index contributed by atoms with van der Waals surface area (Å²) in [6, 6.07) is 9.08. The number of sulfonamides is 1. The van der Waals surface area contributed by atoms with E-state index in [2.05, 4.69) is 4.72 Å². The monoisotopic (exact) mass is 425 g/mol. The van der Waals surface area contributed by atoms with Crippen molar-refractivity contribution in [2.24, 2.45) is 0 Å². The molecule has 1 heterocycles. The lowest BCUT2D eigenvalue weighted by Crippen LogP contribution is -2.24. The molecule has 0 atom stereocenters. The second-order valence-corrected chi connectivity index (χ2v) is 9.28. The zero-order chi connectivity index (χ0) is 20.7. The summed E-state index contributed by atoms with van der Waals surface area (Å²) >= 11 is 1.25. The van der Waals surface area contributed by atoms with Crippen LogP contribution in [0.15, 0.2) is 30.3 Å². The zero-order valence-electron chi connectivity index (χ0n) is 16.0. The van der Waals surface area contributed by atoms with Crippen LogP contribution in [0.5, 0.6) is 5.75 Å². The molecular weight excluding hydrogens is 402 g/mol. The summed E-state index contributed by atoms with van der Waals surface area (Å²) in [5.74, 6) is -0.297. The number of carbonyl (C=O) groups excluding carboxylic acids is 2. The normalized spacial score (nSPS) is 11.2. The number of para-hydroxylation sites is 1. The van der Waals surface area contributed by atoms with E-state index in [9.17, 15) is 18.0 Å². The number of ether oxygens (including phenoxy) is 2. The molecular formula is C19H23NO6S2. The fourth-order valence-corrected chi connectivity index (χ4v) is 3.84. The van der Waals surface area contributed by atoms with E-state index in [1.54, 1.807) is 12.1 Å². The number of carbonyl (C=O) groups is 2. The fraction of sp³-hybridized carbons (Fsp3) is 0.368. The third-order valence-electron chi connectivity index (χ3n) is 3.78. The van der Waals surface area contributed by atoms with Crippen molar-refractivity contribution in [3.05, 3.63) is 51.2 Å². The molecule has 0 amide bonds. The maximum Gasteiger partial charge on any atom is 0.344 e. The van der Waals surface area contributed by atoms with Crippen LogP contribution < -0.4 is 9.46 Å². The first kappa shape index (κ1) is 22.1. The van der Waals surface area contributed by atoms with Crippen LogP contribution in [-0.2, 0) is 26.0 Å². The molecule has 0 fully saturated rings. The highest BCUT2D eigenvalue weighted by Gasteiger charge is 2.14. The molecule has 1 aromatic heterocycles. The quantitative estimate of drug-likeness (QED) is 0.463. The molecule has 28 heavy (non-hydrogen) atoms. The van der Waals surface area contributed by atoms with Crippen LogP contribution in [0.2, 0.25) is 0 Å². The van der Waals surface area contributed by atoms with E-state index in [4.69, 9.17) is 9.47 Å². The number of Topliss-reactive ketones (excluding diaryl/α,β-unsaturated/α-hetero) is 1. The van der Waals surface area contributed by atoms with Crippen molar-refractivity contribution in [2.75, 3.05) is 26.0 Å². The van der Waals surface area contributed by atoms with Gasteiger partial charge in [-0.3, -0.25) is 4.79 Å². The number of thiophene rings is 1. The van der Waals surface area contributed by atoms with Gasteiger partial charge in [-0.15, -0.1) is 11.3 Å². The van der Waals surface area contributed by atoms with Crippen molar-refractivity contribution in [3.8, 4) is 5.75 Å². The summed E-state index contributed by atoms with van der Waals surface area (Å²) in [5.41, 5.74) is 1.83. The summed E-state index contributed by atoms with van der Waals surface area (Å²) in [5, 5.41) is 0. The Morgan fingerprint density at radius 1 is 1.07 bits per heavy atom. The lowest BCUT2D eigenvalue weighted by atomic mass is 10.1. The molecule has 0 bridgehead atoms. The summed E-state index contributed by atoms with van der Waals surface area (Å²) in [4.78, 5) is 25.3. The van der Waals surface area contributed by atoms with Gasteiger partial charge in [0.15, 0.2) is 13.2 Å². The van der Waals surface area contributed by atoms with E-state index in [0.717, 1.165) is 22.3 Å². The number of ketones is 1. The first-order valence-electron chi connectivity index (χ1n) is 8.57. The molecule has 1 N–H and O–H groups in total. The molecule has 0 aliphatic rings. The van der Waals surface area contributed by atoms with Gasteiger partial charge in [0.2, 0.25) is 15.8 Å². The lowest BCUT2D eigenvalue weighted by molar-refractivity contribution is -0.144. The maximum absolute atomic E-state index is 12.2. The van der Waals surface area contributed by atoms with E-state index < -0.39 is 16.0 Å². The number of aryl methyl sites for hydroxylation is 2. The predicted octanol–water partition coefficient (Wildman–Crippen LogP) is 2.26. The van der Waals surface area contributed by atoms with Gasteiger partial charge in [0.05, 0.1) is 11.1 Å². The number of esters is 1. The third-order valence-corrected chi connectivity index (χ3v) is 5.69. The minimum atomic E-state index is -3.23. The highest BCUT2D eigenvalue weighted by atomic mass is 32.2. The van der Waals surface area contributed by atoms with Crippen molar-refractivity contribution in [3.63, 3.8) is 0 Å². The predicted molar refractivity (Wildman–Crippen MR) is 108 cm³/mol. The Kier molecular flexibility index (Phi) is 7.73. The first-order valence-corrected chi connectivity index (χ1v) is 11.3. The highest BCUT2D eigenvalue weighted by Crippen LogP contribution is 2.22. The molecule has 1 aromatic carbocycles. The SMILES string of the molecule is Cc1cccc(C)c1OCC(=O)OCC(=O)c1ccc(CCNS(C)(=O)=O)s1. The topological polar surface area (TPSA) is 98.8 Å². The Morgan fingerprint density at radius 3 is 2.39 bits per heavy atom. The van der Waals surface area contributed by atoms with E-state index in [0.29, 0.717) is 17.0 Å². The van der Waals surface area contributed by atoms with Gasteiger partial charge in [0.1, 0.15) is 5.75 Å². The van der Waals surface area contributed by atoms with Crippen LogP contribution in [0.25, 0.3) is 0 Å². The minimum Gasteiger partial charge on any atom is -0.481 e. The Bertz CT molecular complexity index is 929. The third kappa shape index (κ3) is 7.06. The van der Waals surface area contributed by atoms with Crippen LogP contribution in [0.1, 0.15) is 25.7 Å². The van der Waals surface area contributed by atoms with Gasteiger partial charge in [-0.1, -0.05) is 18.2 Å². The smallest absolute Gasteiger partial charge is 0.344 e. The second-order valence-electron chi connectivity index (χ2n) is 6.28. The Balaban J connectivity index is 1.78. The number of hydrogen-bond donors (Lipinski definition) is 1. The average molecular weight is 426 g/mol. The fourth-order valence-electron chi connectivity index (χ4n) is 2.44. The maximum atomic E-state index is 12.2. The van der Waals surface area contributed by atoms with Crippen LogP contribution in [0, 0.1) is 13.8 Å². The van der Waals surface area contributed by atoms with Crippen LogP contribution in [0.3, 0.4) is 0 Å². The van der Waals surface area contributed by atoms with Crippen molar-refractivity contribution in [1.29, 1.82) is 0 Å². The highest BCUT2D eigenvalue weighted by molar-refractivity contribution is 7.88. The molecule has 2 rings (SSSR count). The molecule has 9 heteroatoms. The van der Waals surface area contributed by atoms with Gasteiger partial charge < -0.3 is 9.47 Å². The van der Waals surface area contributed by atoms with Crippen molar-refractivity contribution in [1.82, 2.24) is 4.72 Å². The minimum absolute atomic E-state index is 0.262. The molecule has 2 aromatic rings. The van der Waals surface area contributed by atoms with E-state index >= 15 is 0 Å². The molecule has 7 nitrogen and oxygen atoms in total. The van der Waals surface area contributed by atoms with Gasteiger partial charge in [0.25, 0.3) is 0 Å². The molecule has 0 unspecified atom stereocenters. The van der Waals surface area contributed by atoms with Gasteiger partial charge in [-0.05, 0) is 43.5 Å². The molecule has 152 valence electrons. The van der Waals surface area contributed by atoms with Crippen molar-refractivity contribution in [2.45, 2.75) is 20.3 Å². The first-order chi connectivity index (χ1) is 13.2. The van der Waals surface area contributed by atoms with Crippen LogP contribution in [0.4, 0.5) is 0 Å². The van der Waals surface area contributed by atoms with E-state index in [-0.39, 0.29) is 25.5 Å². The number of nitrogens with one attached hydrogen (secondary N) is 1. The summed E-state index contributed by atoms with van der Waals surface area (Å²) in [6.45, 7) is 3.40.